The molecule has 0 spiro atoms. The van der Waals surface area contributed by atoms with Crippen LogP contribution >= 0.6 is 0 Å². The SMILES string of the molecule is CN(CCC(c1ccc(F)cc1)c1ccc(F)cc1)C(=O)/C=C1\OC(C)(C)OC1=O. The van der Waals surface area contributed by atoms with Gasteiger partial charge in [-0.3, -0.25) is 4.79 Å². The van der Waals surface area contributed by atoms with Gasteiger partial charge in [-0.25, -0.2) is 13.6 Å². The highest BCUT2D eigenvalue weighted by Gasteiger charge is 2.38. The molecule has 1 heterocycles. The predicted molar refractivity (Wildman–Crippen MR) is 106 cm³/mol. The molecule has 1 saturated heterocycles. The summed E-state index contributed by atoms with van der Waals surface area (Å²) in [5, 5.41) is 0. The van der Waals surface area contributed by atoms with E-state index >= 15 is 0 Å². The molecule has 0 unspecified atom stereocenters. The van der Waals surface area contributed by atoms with E-state index in [1.165, 1.54) is 29.2 Å². The summed E-state index contributed by atoms with van der Waals surface area (Å²) in [6.45, 7) is 3.51. The molecule has 30 heavy (non-hydrogen) atoms. The number of cyclic esters (lactones) is 1. The summed E-state index contributed by atoms with van der Waals surface area (Å²) >= 11 is 0. The van der Waals surface area contributed by atoms with Crippen molar-refractivity contribution in [1.29, 1.82) is 0 Å². The molecule has 1 fully saturated rings. The van der Waals surface area contributed by atoms with Crippen LogP contribution in [0.5, 0.6) is 0 Å². The predicted octanol–water partition coefficient (Wildman–Crippen LogP) is 4.14. The number of nitrogens with zero attached hydrogens (tertiary/aromatic N) is 1. The maximum Gasteiger partial charge on any atom is 0.377 e. The van der Waals surface area contributed by atoms with E-state index in [9.17, 15) is 18.4 Å². The van der Waals surface area contributed by atoms with E-state index in [1.54, 1.807) is 45.2 Å². The lowest BCUT2D eigenvalue weighted by Crippen LogP contribution is -2.28. The van der Waals surface area contributed by atoms with Crippen molar-refractivity contribution in [2.45, 2.75) is 32.0 Å². The molecule has 0 aromatic heterocycles. The monoisotopic (exact) mass is 415 g/mol. The minimum absolute atomic E-state index is 0.134. The van der Waals surface area contributed by atoms with Crippen molar-refractivity contribution in [3.05, 3.63) is 83.1 Å². The van der Waals surface area contributed by atoms with Gasteiger partial charge in [0, 0.05) is 33.4 Å². The van der Waals surface area contributed by atoms with Gasteiger partial charge < -0.3 is 14.4 Å². The highest BCUT2D eigenvalue weighted by Crippen LogP contribution is 2.29. The van der Waals surface area contributed by atoms with Crippen LogP contribution in [-0.2, 0) is 19.1 Å². The number of benzene rings is 2. The van der Waals surface area contributed by atoms with Crippen molar-refractivity contribution in [3.63, 3.8) is 0 Å². The van der Waals surface area contributed by atoms with Gasteiger partial charge in [0.2, 0.25) is 17.5 Å². The molecule has 3 rings (SSSR count). The highest BCUT2D eigenvalue weighted by molar-refractivity contribution is 5.97. The number of carbonyl (C=O) groups is 2. The van der Waals surface area contributed by atoms with Gasteiger partial charge in [-0.05, 0) is 41.8 Å². The van der Waals surface area contributed by atoms with Crippen molar-refractivity contribution in [2.75, 3.05) is 13.6 Å². The van der Waals surface area contributed by atoms with Crippen molar-refractivity contribution in [3.8, 4) is 0 Å². The first-order valence-electron chi connectivity index (χ1n) is 9.55. The lowest BCUT2D eigenvalue weighted by atomic mass is 9.88. The Hall–Kier alpha value is -3.22. The molecular weight excluding hydrogens is 392 g/mol. The Kier molecular flexibility index (Phi) is 6.20. The number of hydrogen-bond donors (Lipinski definition) is 0. The van der Waals surface area contributed by atoms with Gasteiger partial charge in [0.15, 0.2) is 0 Å². The van der Waals surface area contributed by atoms with Crippen LogP contribution in [0.15, 0.2) is 60.4 Å². The van der Waals surface area contributed by atoms with E-state index in [0.29, 0.717) is 13.0 Å². The summed E-state index contributed by atoms with van der Waals surface area (Å²) in [6.07, 6.45) is 1.63. The Labute approximate surface area is 173 Å². The van der Waals surface area contributed by atoms with Crippen LogP contribution in [-0.4, -0.2) is 36.2 Å². The zero-order chi connectivity index (χ0) is 21.9. The van der Waals surface area contributed by atoms with E-state index in [1.807, 2.05) is 0 Å². The second kappa shape index (κ2) is 8.65. The smallest absolute Gasteiger partial charge is 0.377 e. The molecular formula is C23H23F2NO4. The average Bonchev–Trinajstić information content (AvgIpc) is 2.95. The molecule has 0 saturated carbocycles. The summed E-state index contributed by atoms with van der Waals surface area (Å²) in [4.78, 5) is 25.7. The molecule has 2 aromatic rings. The third-order valence-corrected chi connectivity index (χ3v) is 4.82. The maximum absolute atomic E-state index is 13.3. The first-order valence-corrected chi connectivity index (χ1v) is 9.55. The van der Waals surface area contributed by atoms with Crippen LogP contribution in [0.3, 0.4) is 0 Å². The minimum Gasteiger partial charge on any atom is -0.445 e. The van der Waals surface area contributed by atoms with Gasteiger partial charge in [-0.1, -0.05) is 24.3 Å². The molecule has 5 nitrogen and oxygen atoms in total. The van der Waals surface area contributed by atoms with Gasteiger partial charge in [0.1, 0.15) is 11.6 Å². The fraction of sp³-hybridized carbons (Fsp3) is 0.304. The molecule has 0 atom stereocenters. The lowest BCUT2D eigenvalue weighted by Gasteiger charge is -2.22. The largest absolute Gasteiger partial charge is 0.445 e. The van der Waals surface area contributed by atoms with Crippen LogP contribution in [0.1, 0.15) is 37.3 Å². The summed E-state index contributed by atoms with van der Waals surface area (Å²) in [5.41, 5.74) is 1.71. The normalized spacial score (nSPS) is 16.5. The summed E-state index contributed by atoms with van der Waals surface area (Å²) in [6, 6.07) is 12.2. The Morgan fingerprint density at radius 3 is 1.93 bits per heavy atom. The van der Waals surface area contributed by atoms with Gasteiger partial charge in [-0.15, -0.1) is 0 Å². The average molecular weight is 415 g/mol. The zero-order valence-electron chi connectivity index (χ0n) is 17.0. The molecule has 158 valence electrons. The Morgan fingerprint density at radius 1 is 1.00 bits per heavy atom. The number of likely N-dealkylation sites (N-methyl/N-ethyl adjacent to an activating group) is 1. The number of ether oxygens (including phenoxy) is 2. The molecule has 0 aliphatic carbocycles. The maximum atomic E-state index is 13.3. The van der Waals surface area contributed by atoms with E-state index in [2.05, 4.69) is 0 Å². The van der Waals surface area contributed by atoms with Gasteiger partial charge in [0.25, 0.3) is 0 Å². The van der Waals surface area contributed by atoms with Crippen LogP contribution < -0.4 is 0 Å². The summed E-state index contributed by atoms with van der Waals surface area (Å²) < 4.78 is 37.0. The molecule has 0 bridgehead atoms. The molecule has 1 amide bonds. The number of rotatable bonds is 6. The minimum atomic E-state index is -1.10. The second-order valence-electron chi connectivity index (χ2n) is 7.60. The molecule has 1 aliphatic rings. The number of hydrogen-bond acceptors (Lipinski definition) is 4. The summed E-state index contributed by atoms with van der Waals surface area (Å²) in [5.74, 6) is -3.18. The zero-order valence-corrected chi connectivity index (χ0v) is 17.0. The van der Waals surface area contributed by atoms with Crippen LogP contribution in [0.25, 0.3) is 0 Å². The van der Waals surface area contributed by atoms with E-state index in [4.69, 9.17) is 9.47 Å². The number of amides is 1. The Morgan fingerprint density at radius 2 is 1.50 bits per heavy atom. The third-order valence-electron chi connectivity index (χ3n) is 4.82. The number of carbonyl (C=O) groups excluding carboxylic acids is 2. The number of halogens is 2. The van der Waals surface area contributed by atoms with Gasteiger partial charge in [0.05, 0.1) is 6.08 Å². The quantitative estimate of drug-likeness (QED) is 0.526. The first-order chi connectivity index (χ1) is 14.1. The second-order valence-corrected chi connectivity index (χ2v) is 7.60. The van der Waals surface area contributed by atoms with Gasteiger partial charge >= 0.3 is 5.97 Å². The van der Waals surface area contributed by atoms with E-state index in [-0.39, 0.29) is 23.3 Å². The van der Waals surface area contributed by atoms with Crippen LogP contribution in [0, 0.1) is 11.6 Å². The topological polar surface area (TPSA) is 55.8 Å². The molecule has 0 N–H and O–H groups in total. The molecule has 2 aromatic carbocycles. The summed E-state index contributed by atoms with van der Waals surface area (Å²) in [7, 11) is 1.61. The van der Waals surface area contributed by atoms with E-state index in [0.717, 1.165) is 17.2 Å². The third kappa shape index (κ3) is 5.23. The van der Waals surface area contributed by atoms with Crippen molar-refractivity contribution >= 4 is 11.9 Å². The van der Waals surface area contributed by atoms with Crippen LogP contribution in [0.2, 0.25) is 0 Å². The van der Waals surface area contributed by atoms with Crippen molar-refractivity contribution in [2.24, 2.45) is 0 Å². The van der Waals surface area contributed by atoms with Crippen molar-refractivity contribution < 1.29 is 27.8 Å². The van der Waals surface area contributed by atoms with Gasteiger partial charge in [-0.2, -0.15) is 0 Å². The first kappa shape index (κ1) is 21.5. The Balaban J connectivity index is 1.73. The standard InChI is InChI=1S/C23H23F2NO4/c1-23(2)29-20(22(28)30-23)14-21(27)26(3)13-12-19(15-4-8-17(24)9-5-15)16-6-10-18(25)11-7-16/h4-11,14,19H,12-13H2,1-3H3/b20-14-. The fourth-order valence-corrected chi connectivity index (χ4v) is 3.26. The Bertz CT molecular complexity index is 907. The highest BCUT2D eigenvalue weighted by atomic mass is 19.1. The molecule has 0 radical (unpaired) electrons. The fourth-order valence-electron chi connectivity index (χ4n) is 3.26. The molecule has 7 heteroatoms. The lowest BCUT2D eigenvalue weighted by molar-refractivity contribution is -0.159. The van der Waals surface area contributed by atoms with Crippen molar-refractivity contribution in [1.82, 2.24) is 4.90 Å². The molecule has 1 aliphatic heterocycles. The van der Waals surface area contributed by atoms with E-state index < -0.39 is 17.7 Å². The van der Waals surface area contributed by atoms with Crippen LogP contribution in [0.4, 0.5) is 8.78 Å². The number of esters is 1.